The molecule has 0 aromatic heterocycles. The van der Waals surface area contributed by atoms with Crippen LogP contribution >= 0.6 is 0 Å². The topological polar surface area (TPSA) is 107 Å². The molecule has 29 heavy (non-hydrogen) atoms. The van der Waals surface area contributed by atoms with E-state index in [2.05, 4.69) is 13.8 Å². The number of rotatable bonds is 16. The Labute approximate surface area is 192 Å². The van der Waals surface area contributed by atoms with Crippen LogP contribution in [0.1, 0.15) is 85.5 Å². The second-order valence-electron chi connectivity index (χ2n) is 7.35. The number of unbranched alkanes of at least 4 members (excludes halogenated alkanes) is 2. The van der Waals surface area contributed by atoms with Crippen molar-refractivity contribution in [2.24, 2.45) is 11.8 Å². The minimum atomic E-state index is -4.76. The van der Waals surface area contributed by atoms with E-state index in [0.717, 1.165) is 51.4 Å². The van der Waals surface area contributed by atoms with Gasteiger partial charge in [0.2, 0.25) is 0 Å². The number of carbonyl (C=O) groups is 2. The first-order valence-corrected chi connectivity index (χ1v) is 12.0. The van der Waals surface area contributed by atoms with Gasteiger partial charge in [-0.2, -0.15) is 8.42 Å². The Balaban J connectivity index is 0. The van der Waals surface area contributed by atoms with Crippen LogP contribution < -0.4 is 0 Å². The molecule has 0 fully saturated rings. The summed E-state index contributed by atoms with van der Waals surface area (Å²) in [5.74, 6) is -1.61. The maximum Gasteiger partial charge on any atom is 2.00 e. The zero-order valence-corrected chi connectivity index (χ0v) is 20.8. The van der Waals surface area contributed by atoms with Crippen LogP contribution in [-0.4, -0.2) is 66.4 Å². The van der Waals surface area contributed by atoms with Gasteiger partial charge in [-0.1, -0.05) is 66.2 Å². The Kier molecular flexibility index (Phi) is 18.4. The molecular formula is C20H38MgO7S+2. The zero-order valence-electron chi connectivity index (χ0n) is 18.5. The van der Waals surface area contributed by atoms with Crippen molar-refractivity contribution < 1.29 is 32.0 Å². The van der Waals surface area contributed by atoms with Gasteiger partial charge in [-0.25, -0.2) is 0 Å². The summed E-state index contributed by atoms with van der Waals surface area (Å²) >= 11 is 0. The molecular weight excluding hydrogens is 409 g/mol. The van der Waals surface area contributed by atoms with Gasteiger partial charge in [0, 0.05) is 0 Å². The van der Waals surface area contributed by atoms with Crippen molar-refractivity contribution >= 4 is 45.1 Å². The van der Waals surface area contributed by atoms with Gasteiger partial charge >= 0.3 is 35.0 Å². The van der Waals surface area contributed by atoms with E-state index < -0.39 is 33.7 Å². The van der Waals surface area contributed by atoms with E-state index in [1.54, 1.807) is 0 Å². The van der Waals surface area contributed by atoms with Gasteiger partial charge in [0.25, 0.3) is 10.1 Å². The maximum absolute atomic E-state index is 12.2. The van der Waals surface area contributed by atoms with Gasteiger partial charge < -0.3 is 9.47 Å². The Bertz CT molecular complexity index is 551. The predicted molar refractivity (Wildman–Crippen MR) is 114 cm³/mol. The third-order valence-corrected chi connectivity index (χ3v) is 6.08. The summed E-state index contributed by atoms with van der Waals surface area (Å²) in [5, 5.41) is -1.95. The first kappa shape index (κ1) is 30.8. The van der Waals surface area contributed by atoms with E-state index >= 15 is 0 Å². The van der Waals surface area contributed by atoms with Gasteiger partial charge in [0.05, 0.1) is 19.6 Å². The molecule has 0 aliphatic rings. The molecule has 0 aliphatic heterocycles. The van der Waals surface area contributed by atoms with Crippen molar-refractivity contribution in [1.29, 1.82) is 0 Å². The number of carbonyl (C=O) groups excluding carboxylic acids is 2. The smallest absolute Gasteiger partial charge is 0.465 e. The van der Waals surface area contributed by atoms with E-state index in [9.17, 15) is 22.6 Å². The van der Waals surface area contributed by atoms with E-state index in [0.29, 0.717) is 0 Å². The molecule has 0 saturated heterocycles. The van der Waals surface area contributed by atoms with Gasteiger partial charge in [0.15, 0.2) is 5.25 Å². The zero-order chi connectivity index (χ0) is 21.6. The molecule has 7 nitrogen and oxygen atoms in total. The van der Waals surface area contributed by atoms with Crippen LogP contribution in [0.2, 0.25) is 0 Å². The normalized spacial score (nSPS) is 14.4. The summed E-state index contributed by atoms with van der Waals surface area (Å²) in [4.78, 5) is 24.2. The molecule has 0 aliphatic carbocycles. The standard InChI is InChI=1S/C20H38O7S.Mg/c1-5-9-11-16(7-3)14-26-19(21)13-18(28(23,24)25)20(22)27-15-17(8-4)12-10-6-2;/h16-18H,5-15H2,1-4H3,(H,23,24,25);/q;+2. The second kappa shape index (κ2) is 17.3. The van der Waals surface area contributed by atoms with Crippen LogP contribution in [-0.2, 0) is 29.2 Å². The van der Waals surface area contributed by atoms with Gasteiger partial charge in [-0.15, -0.1) is 0 Å². The molecule has 0 aromatic carbocycles. The summed E-state index contributed by atoms with van der Waals surface area (Å²) < 4.78 is 42.8. The molecule has 0 rings (SSSR count). The quantitative estimate of drug-likeness (QED) is 0.218. The summed E-state index contributed by atoms with van der Waals surface area (Å²) in [7, 11) is -4.76. The Morgan fingerprint density at radius 3 is 1.69 bits per heavy atom. The number of hydrogen-bond donors (Lipinski definition) is 1. The van der Waals surface area contributed by atoms with Crippen LogP contribution in [0.15, 0.2) is 0 Å². The Morgan fingerprint density at radius 1 is 0.862 bits per heavy atom. The van der Waals surface area contributed by atoms with Crippen molar-refractivity contribution in [1.82, 2.24) is 0 Å². The first-order chi connectivity index (χ1) is 13.2. The molecule has 1 N–H and O–H groups in total. The molecule has 166 valence electrons. The van der Waals surface area contributed by atoms with Crippen LogP contribution in [0.5, 0.6) is 0 Å². The average Bonchev–Trinajstić information content (AvgIpc) is 2.65. The molecule has 9 heteroatoms. The van der Waals surface area contributed by atoms with Crippen LogP contribution in [0, 0.1) is 11.8 Å². The fourth-order valence-electron chi connectivity index (χ4n) is 2.82. The van der Waals surface area contributed by atoms with Crippen molar-refractivity contribution in [3.8, 4) is 0 Å². The minimum absolute atomic E-state index is 0. The van der Waals surface area contributed by atoms with Crippen LogP contribution in [0.3, 0.4) is 0 Å². The number of ether oxygens (including phenoxy) is 2. The predicted octanol–water partition coefficient (Wildman–Crippen LogP) is 3.77. The molecule has 0 radical (unpaired) electrons. The minimum Gasteiger partial charge on any atom is -0.465 e. The third-order valence-electron chi connectivity index (χ3n) is 5.00. The van der Waals surface area contributed by atoms with E-state index in [-0.39, 0.29) is 48.1 Å². The average molecular weight is 447 g/mol. The molecule has 0 bridgehead atoms. The summed E-state index contributed by atoms with van der Waals surface area (Å²) in [6, 6.07) is 0. The summed E-state index contributed by atoms with van der Waals surface area (Å²) in [6.45, 7) is 8.35. The van der Waals surface area contributed by atoms with Crippen molar-refractivity contribution in [2.45, 2.75) is 90.7 Å². The van der Waals surface area contributed by atoms with E-state index in [4.69, 9.17) is 9.47 Å². The van der Waals surface area contributed by atoms with E-state index in [1.807, 2.05) is 13.8 Å². The molecule has 3 unspecified atom stereocenters. The molecule has 0 heterocycles. The number of esters is 2. The fraction of sp³-hybridized carbons (Fsp3) is 0.900. The first-order valence-electron chi connectivity index (χ1n) is 10.5. The molecule has 3 atom stereocenters. The Hall–Kier alpha value is -0.384. The van der Waals surface area contributed by atoms with Gasteiger partial charge in [0.1, 0.15) is 0 Å². The number of hydrogen-bond acceptors (Lipinski definition) is 6. The van der Waals surface area contributed by atoms with Crippen molar-refractivity contribution in [2.75, 3.05) is 13.2 Å². The molecule has 0 saturated carbocycles. The van der Waals surface area contributed by atoms with Crippen LogP contribution in [0.25, 0.3) is 0 Å². The summed E-state index contributed by atoms with van der Waals surface area (Å²) in [6.07, 6.45) is 6.74. The third kappa shape index (κ3) is 14.3. The maximum atomic E-state index is 12.2. The fourth-order valence-corrected chi connectivity index (χ4v) is 3.48. The van der Waals surface area contributed by atoms with Crippen LogP contribution in [0.4, 0.5) is 0 Å². The second-order valence-corrected chi connectivity index (χ2v) is 8.95. The largest absolute Gasteiger partial charge is 2.00 e. The monoisotopic (exact) mass is 446 g/mol. The SMILES string of the molecule is CCCCC(CC)COC(=O)CC(C(=O)OCC(CC)CCCC)S(=O)(=O)O.[Mg+2]. The van der Waals surface area contributed by atoms with Crippen molar-refractivity contribution in [3.05, 3.63) is 0 Å². The van der Waals surface area contributed by atoms with Gasteiger partial charge in [-0.3, -0.25) is 14.1 Å². The molecule has 0 amide bonds. The van der Waals surface area contributed by atoms with Crippen molar-refractivity contribution in [3.63, 3.8) is 0 Å². The summed E-state index contributed by atoms with van der Waals surface area (Å²) in [5.41, 5.74) is 0. The molecule has 0 spiro atoms. The molecule has 0 aromatic rings. The van der Waals surface area contributed by atoms with E-state index in [1.165, 1.54) is 0 Å². The Morgan fingerprint density at radius 2 is 1.31 bits per heavy atom. The van der Waals surface area contributed by atoms with Gasteiger partial charge in [-0.05, 0) is 24.7 Å².